The van der Waals surface area contributed by atoms with Crippen LogP contribution in [0.4, 0.5) is 0 Å². The van der Waals surface area contributed by atoms with Crippen LogP contribution in [0.25, 0.3) is 0 Å². The molecule has 0 aliphatic rings. The molecule has 20 heavy (non-hydrogen) atoms. The highest BCUT2D eigenvalue weighted by Crippen LogP contribution is 2.26. The first-order valence-electron chi connectivity index (χ1n) is 6.38. The Bertz CT molecular complexity index is 501. The summed E-state index contributed by atoms with van der Waals surface area (Å²) in [4.78, 5) is 30.2. The predicted molar refractivity (Wildman–Crippen MR) is 74.6 cm³/mol. The number of aromatic nitrogens is 2. The molecule has 1 heterocycles. The maximum atomic E-state index is 12.1. The van der Waals surface area contributed by atoms with Gasteiger partial charge in [0.25, 0.3) is 5.91 Å². The molecule has 1 aromatic rings. The fourth-order valence-electron chi connectivity index (χ4n) is 2.30. The molecule has 0 fully saturated rings. The van der Waals surface area contributed by atoms with Crippen LogP contribution in [-0.4, -0.2) is 32.5 Å². The van der Waals surface area contributed by atoms with E-state index in [2.05, 4.69) is 36.1 Å². The molecule has 0 saturated carbocycles. The molecule has 0 saturated heterocycles. The molecule has 0 aliphatic carbocycles. The fraction of sp³-hybridized carbons (Fsp3) is 0.571. The zero-order valence-corrected chi connectivity index (χ0v) is 12.5. The van der Waals surface area contributed by atoms with Crippen LogP contribution in [0.5, 0.6) is 0 Å². The first-order chi connectivity index (χ1) is 9.00. The number of carbonyl (C=O) groups excluding carboxylic acids is 1. The summed E-state index contributed by atoms with van der Waals surface area (Å²) in [5, 5.41) is 11.6. The zero-order chi connectivity index (χ0) is 15.6. The quantitative estimate of drug-likeness (QED) is 0.880. The van der Waals surface area contributed by atoms with Crippen LogP contribution in [-0.2, 0) is 0 Å². The van der Waals surface area contributed by atoms with Crippen molar-refractivity contribution in [3.8, 4) is 0 Å². The standard InChI is InChI=1S/C14H21N3O3/c1-13(2,3)8-14(4,5)17-11(18)9-6-16-10(7-15-9)12(19)20/h6-7H,8H2,1-5H3,(H,17,18)(H,19,20). The number of nitrogens with one attached hydrogen (secondary N) is 1. The van der Waals surface area contributed by atoms with Gasteiger partial charge in [0.15, 0.2) is 5.69 Å². The Kier molecular flexibility index (Phi) is 4.47. The smallest absolute Gasteiger partial charge is 0.356 e. The third-order valence-corrected chi connectivity index (χ3v) is 2.53. The number of hydrogen-bond donors (Lipinski definition) is 2. The summed E-state index contributed by atoms with van der Waals surface area (Å²) in [5.74, 6) is -1.53. The van der Waals surface area contributed by atoms with Crippen LogP contribution < -0.4 is 5.32 Å². The van der Waals surface area contributed by atoms with E-state index in [-0.39, 0.29) is 28.2 Å². The van der Waals surface area contributed by atoms with E-state index < -0.39 is 5.97 Å². The summed E-state index contributed by atoms with van der Waals surface area (Å²) in [6.45, 7) is 10.2. The third kappa shape index (κ3) is 4.95. The summed E-state index contributed by atoms with van der Waals surface area (Å²) >= 11 is 0. The summed E-state index contributed by atoms with van der Waals surface area (Å²) in [7, 11) is 0. The van der Waals surface area contributed by atoms with E-state index in [1.807, 2.05) is 13.8 Å². The minimum absolute atomic E-state index is 0.0790. The van der Waals surface area contributed by atoms with Crippen molar-refractivity contribution in [3.63, 3.8) is 0 Å². The zero-order valence-electron chi connectivity index (χ0n) is 12.5. The minimum Gasteiger partial charge on any atom is -0.476 e. The molecule has 1 aromatic heterocycles. The summed E-state index contributed by atoms with van der Waals surface area (Å²) in [6.07, 6.45) is 3.05. The third-order valence-electron chi connectivity index (χ3n) is 2.53. The first kappa shape index (κ1) is 16.1. The van der Waals surface area contributed by atoms with Gasteiger partial charge in [0.05, 0.1) is 12.4 Å². The second-order valence-electron chi connectivity index (χ2n) is 6.67. The van der Waals surface area contributed by atoms with Crippen molar-refractivity contribution in [2.45, 2.75) is 46.6 Å². The van der Waals surface area contributed by atoms with Crippen molar-refractivity contribution in [1.29, 1.82) is 0 Å². The second-order valence-corrected chi connectivity index (χ2v) is 6.67. The molecule has 0 aliphatic heterocycles. The predicted octanol–water partition coefficient (Wildman–Crippen LogP) is 2.12. The molecule has 110 valence electrons. The van der Waals surface area contributed by atoms with Gasteiger partial charge >= 0.3 is 5.97 Å². The Morgan fingerprint density at radius 3 is 2.00 bits per heavy atom. The van der Waals surface area contributed by atoms with Crippen LogP contribution in [0.1, 0.15) is 62.0 Å². The van der Waals surface area contributed by atoms with E-state index in [0.29, 0.717) is 0 Å². The first-order valence-corrected chi connectivity index (χ1v) is 6.38. The number of aromatic carboxylic acids is 1. The van der Waals surface area contributed by atoms with Gasteiger partial charge < -0.3 is 10.4 Å². The molecule has 2 N–H and O–H groups in total. The van der Waals surface area contributed by atoms with Crippen LogP contribution in [0.15, 0.2) is 12.4 Å². The largest absolute Gasteiger partial charge is 0.476 e. The van der Waals surface area contributed by atoms with Gasteiger partial charge in [0.1, 0.15) is 5.69 Å². The van der Waals surface area contributed by atoms with E-state index >= 15 is 0 Å². The monoisotopic (exact) mass is 279 g/mol. The van der Waals surface area contributed by atoms with Gasteiger partial charge in [-0.3, -0.25) is 4.79 Å². The number of carbonyl (C=O) groups is 2. The van der Waals surface area contributed by atoms with Crippen LogP contribution in [0.2, 0.25) is 0 Å². The summed E-state index contributed by atoms with van der Waals surface area (Å²) < 4.78 is 0. The molecular formula is C14H21N3O3. The van der Waals surface area contributed by atoms with Crippen molar-refractivity contribution >= 4 is 11.9 Å². The molecular weight excluding hydrogens is 258 g/mol. The highest BCUT2D eigenvalue weighted by atomic mass is 16.4. The van der Waals surface area contributed by atoms with Crippen LogP contribution in [0, 0.1) is 5.41 Å². The highest BCUT2D eigenvalue weighted by molar-refractivity contribution is 5.93. The lowest BCUT2D eigenvalue weighted by molar-refractivity contribution is 0.0688. The van der Waals surface area contributed by atoms with Crippen molar-refractivity contribution in [3.05, 3.63) is 23.8 Å². The second kappa shape index (κ2) is 5.56. The Labute approximate surface area is 118 Å². The molecule has 0 unspecified atom stereocenters. The summed E-state index contributed by atoms with van der Waals surface area (Å²) in [6, 6.07) is 0. The Hall–Kier alpha value is -1.98. The molecule has 1 amide bonds. The Balaban J connectivity index is 2.78. The van der Waals surface area contributed by atoms with Gasteiger partial charge in [0.2, 0.25) is 0 Å². The molecule has 6 heteroatoms. The van der Waals surface area contributed by atoms with E-state index in [0.717, 1.165) is 12.6 Å². The van der Waals surface area contributed by atoms with Crippen molar-refractivity contribution < 1.29 is 14.7 Å². The van der Waals surface area contributed by atoms with Gasteiger partial charge in [-0.1, -0.05) is 20.8 Å². The van der Waals surface area contributed by atoms with Gasteiger partial charge in [-0.25, -0.2) is 14.8 Å². The normalized spacial score (nSPS) is 12.1. The number of nitrogens with zero attached hydrogens (tertiary/aromatic N) is 2. The number of hydrogen-bond acceptors (Lipinski definition) is 4. The lowest BCUT2D eigenvalue weighted by Crippen LogP contribution is -2.46. The number of rotatable bonds is 4. The maximum Gasteiger partial charge on any atom is 0.356 e. The fourth-order valence-corrected chi connectivity index (χ4v) is 2.30. The Morgan fingerprint density at radius 1 is 1.10 bits per heavy atom. The molecule has 0 atom stereocenters. The van der Waals surface area contributed by atoms with Gasteiger partial charge in [0, 0.05) is 5.54 Å². The van der Waals surface area contributed by atoms with Gasteiger partial charge in [-0.15, -0.1) is 0 Å². The molecule has 6 nitrogen and oxygen atoms in total. The number of amides is 1. The van der Waals surface area contributed by atoms with Crippen molar-refractivity contribution in [2.24, 2.45) is 5.41 Å². The molecule has 0 radical (unpaired) electrons. The van der Waals surface area contributed by atoms with Gasteiger partial charge in [-0.05, 0) is 25.7 Å². The van der Waals surface area contributed by atoms with E-state index in [9.17, 15) is 9.59 Å². The Morgan fingerprint density at radius 2 is 1.60 bits per heavy atom. The SMILES string of the molecule is CC(C)(C)CC(C)(C)NC(=O)c1cnc(C(=O)O)cn1. The number of carboxylic acids is 1. The molecule has 0 aromatic carbocycles. The van der Waals surface area contributed by atoms with Gasteiger partial charge in [-0.2, -0.15) is 0 Å². The highest BCUT2D eigenvalue weighted by Gasteiger charge is 2.27. The van der Waals surface area contributed by atoms with Crippen molar-refractivity contribution in [1.82, 2.24) is 15.3 Å². The molecule has 1 rings (SSSR count). The topological polar surface area (TPSA) is 92.2 Å². The minimum atomic E-state index is -1.17. The lowest BCUT2D eigenvalue weighted by Gasteiger charge is -2.33. The summed E-state index contributed by atoms with van der Waals surface area (Å²) in [5.41, 5.74) is -0.384. The average molecular weight is 279 g/mol. The lowest BCUT2D eigenvalue weighted by atomic mass is 9.82. The number of carboxylic acid groups (broad SMARTS) is 1. The van der Waals surface area contributed by atoms with E-state index in [4.69, 9.17) is 5.11 Å². The van der Waals surface area contributed by atoms with Crippen LogP contribution >= 0.6 is 0 Å². The molecule has 0 bridgehead atoms. The maximum absolute atomic E-state index is 12.1. The van der Waals surface area contributed by atoms with Crippen LogP contribution in [0.3, 0.4) is 0 Å². The average Bonchev–Trinajstić information content (AvgIpc) is 2.24. The van der Waals surface area contributed by atoms with E-state index in [1.54, 1.807) is 0 Å². The van der Waals surface area contributed by atoms with Crippen molar-refractivity contribution in [2.75, 3.05) is 0 Å². The molecule has 0 spiro atoms. The van der Waals surface area contributed by atoms with E-state index in [1.165, 1.54) is 6.20 Å².